The highest BCUT2D eigenvalue weighted by Crippen LogP contribution is 2.41. The first-order valence-corrected chi connectivity index (χ1v) is 13.2. The molecule has 26 heavy (non-hydrogen) atoms. The summed E-state index contributed by atoms with van der Waals surface area (Å²) in [5, 5.41) is 9.95. The highest BCUT2D eigenvalue weighted by atomic mass is 28.4. The first-order valence-electron chi connectivity index (χ1n) is 10.3. The van der Waals surface area contributed by atoms with Crippen molar-refractivity contribution in [3.8, 4) is 0 Å². The van der Waals surface area contributed by atoms with Crippen LogP contribution in [0, 0.1) is 0 Å². The van der Waals surface area contributed by atoms with Gasteiger partial charge < -0.3 is 9.53 Å². The van der Waals surface area contributed by atoms with Crippen molar-refractivity contribution in [3.63, 3.8) is 0 Å². The van der Waals surface area contributed by atoms with Gasteiger partial charge in [0, 0.05) is 5.92 Å². The first kappa shape index (κ1) is 21.4. The number of aliphatic hydroxyl groups excluding tert-OH is 1. The maximum Gasteiger partial charge on any atom is 0.192 e. The molecule has 0 fully saturated rings. The molecule has 3 heteroatoms. The molecule has 1 aliphatic carbocycles. The number of benzene rings is 1. The van der Waals surface area contributed by atoms with E-state index in [0.29, 0.717) is 5.92 Å². The Morgan fingerprint density at radius 2 is 1.77 bits per heavy atom. The molecule has 0 saturated heterocycles. The number of hydrogen-bond donors (Lipinski definition) is 1. The zero-order valence-electron chi connectivity index (χ0n) is 17.6. The van der Waals surface area contributed by atoms with Crippen LogP contribution in [0.2, 0.25) is 18.1 Å². The molecule has 1 aromatic carbocycles. The molecule has 1 aromatic rings. The molecular weight excluding hydrogens is 336 g/mol. The molecule has 0 heterocycles. The summed E-state index contributed by atoms with van der Waals surface area (Å²) >= 11 is 0. The van der Waals surface area contributed by atoms with E-state index in [0.717, 1.165) is 12.8 Å². The smallest absolute Gasteiger partial charge is 0.192 e. The average molecular weight is 375 g/mol. The van der Waals surface area contributed by atoms with E-state index in [4.69, 9.17) is 4.43 Å². The molecule has 1 aliphatic rings. The molecule has 1 unspecified atom stereocenters. The zero-order valence-corrected chi connectivity index (χ0v) is 18.6. The van der Waals surface area contributed by atoms with E-state index in [1.165, 1.54) is 30.4 Å². The lowest BCUT2D eigenvalue weighted by atomic mass is 9.95. The third-order valence-corrected chi connectivity index (χ3v) is 10.6. The fourth-order valence-electron chi connectivity index (χ4n) is 3.29. The van der Waals surface area contributed by atoms with Crippen LogP contribution in [0.1, 0.15) is 82.9 Å². The van der Waals surface area contributed by atoms with E-state index in [-0.39, 0.29) is 17.2 Å². The molecule has 1 N–H and O–H groups in total. The number of allylic oxidation sites excluding steroid dienone is 1. The quantitative estimate of drug-likeness (QED) is 0.310. The monoisotopic (exact) mass is 374 g/mol. The Hall–Kier alpha value is -0.903. The summed E-state index contributed by atoms with van der Waals surface area (Å²) in [6.07, 6.45) is 9.57. The van der Waals surface area contributed by atoms with Crippen molar-refractivity contribution in [1.82, 2.24) is 0 Å². The highest BCUT2D eigenvalue weighted by molar-refractivity contribution is 6.74. The normalized spacial score (nSPS) is 22.0. The van der Waals surface area contributed by atoms with Gasteiger partial charge in [0.15, 0.2) is 8.32 Å². The van der Waals surface area contributed by atoms with Gasteiger partial charge >= 0.3 is 0 Å². The molecule has 146 valence electrons. The molecule has 0 spiro atoms. The summed E-state index contributed by atoms with van der Waals surface area (Å²) in [6.45, 7) is 13.9. The van der Waals surface area contributed by atoms with Crippen LogP contribution < -0.4 is 0 Å². The Balaban J connectivity index is 2.15. The summed E-state index contributed by atoms with van der Waals surface area (Å²) in [6, 6.07) is 8.95. The van der Waals surface area contributed by atoms with E-state index in [9.17, 15) is 5.11 Å². The van der Waals surface area contributed by atoms with Gasteiger partial charge in [0.25, 0.3) is 0 Å². The van der Waals surface area contributed by atoms with Crippen LogP contribution in [0.3, 0.4) is 0 Å². The molecular formula is C23H38O2Si. The Morgan fingerprint density at radius 3 is 2.27 bits per heavy atom. The second kappa shape index (κ2) is 8.86. The molecule has 2 rings (SSSR count). The van der Waals surface area contributed by atoms with Crippen molar-refractivity contribution in [2.75, 3.05) is 0 Å². The third-order valence-electron chi connectivity index (χ3n) is 6.11. The van der Waals surface area contributed by atoms with E-state index in [1.807, 2.05) is 6.08 Å². The number of rotatable bonds is 8. The highest BCUT2D eigenvalue weighted by Gasteiger charge is 2.39. The molecule has 0 amide bonds. The summed E-state index contributed by atoms with van der Waals surface area (Å²) in [5.74, 6) is 0.346. The zero-order chi connectivity index (χ0) is 19.4. The predicted octanol–water partition coefficient (Wildman–Crippen LogP) is 6.73. The van der Waals surface area contributed by atoms with Crippen LogP contribution >= 0.6 is 0 Å². The van der Waals surface area contributed by atoms with Crippen LogP contribution in [-0.2, 0) is 4.43 Å². The fourth-order valence-corrected chi connectivity index (χ4v) is 4.61. The van der Waals surface area contributed by atoms with Crippen molar-refractivity contribution >= 4 is 8.32 Å². The van der Waals surface area contributed by atoms with Crippen LogP contribution in [0.15, 0.2) is 36.4 Å². The maximum atomic E-state index is 9.73. The Morgan fingerprint density at radius 1 is 1.12 bits per heavy atom. The van der Waals surface area contributed by atoms with Crippen LogP contribution in [0.25, 0.3) is 0 Å². The SMILES string of the molecule is CCCCCC(O[Si](C)(C)C(C)(C)C)c1ccc([C@@H]2C=C[C@@H](O)C2)cc1. The second-order valence-electron chi connectivity index (χ2n) is 9.32. The van der Waals surface area contributed by atoms with Crippen LogP contribution in [0.5, 0.6) is 0 Å². The number of hydrogen-bond acceptors (Lipinski definition) is 2. The Kier molecular flexibility index (Phi) is 7.29. The number of unbranched alkanes of at least 4 members (excludes halogenated alkanes) is 2. The summed E-state index contributed by atoms with van der Waals surface area (Å²) in [7, 11) is -1.80. The van der Waals surface area contributed by atoms with Crippen molar-refractivity contribution in [1.29, 1.82) is 0 Å². The molecule has 0 bridgehead atoms. The van der Waals surface area contributed by atoms with Gasteiger partial charge in [-0.05, 0) is 42.1 Å². The van der Waals surface area contributed by atoms with Crippen molar-refractivity contribution in [2.45, 2.75) is 96.1 Å². The van der Waals surface area contributed by atoms with Crippen molar-refractivity contribution in [3.05, 3.63) is 47.5 Å². The van der Waals surface area contributed by atoms with E-state index in [2.05, 4.69) is 71.1 Å². The first-order chi connectivity index (χ1) is 12.1. The Bertz CT molecular complexity index is 583. The summed E-state index contributed by atoms with van der Waals surface area (Å²) < 4.78 is 6.80. The lowest BCUT2D eigenvalue weighted by molar-refractivity contribution is 0.170. The molecule has 3 atom stereocenters. The lowest BCUT2D eigenvalue weighted by Crippen LogP contribution is -2.41. The van der Waals surface area contributed by atoms with E-state index < -0.39 is 8.32 Å². The third kappa shape index (κ3) is 5.55. The standard InChI is InChI=1S/C23H38O2Si/c1-7-8-9-10-22(25-26(5,6)23(2,3)4)19-13-11-18(12-14-19)20-15-16-21(24)17-20/h11-16,20-22,24H,7-10,17H2,1-6H3/t20-,21-,22?/m1/s1. The van der Waals surface area contributed by atoms with Gasteiger partial charge in [0.05, 0.1) is 12.2 Å². The van der Waals surface area contributed by atoms with Gasteiger partial charge in [-0.15, -0.1) is 0 Å². The molecule has 2 nitrogen and oxygen atoms in total. The van der Waals surface area contributed by atoms with Gasteiger partial charge in [0.2, 0.25) is 0 Å². The molecule has 0 radical (unpaired) electrons. The number of aliphatic hydroxyl groups is 1. The minimum absolute atomic E-state index is 0.196. The van der Waals surface area contributed by atoms with Crippen molar-refractivity contribution in [2.24, 2.45) is 0 Å². The average Bonchev–Trinajstić information content (AvgIpc) is 2.99. The minimum atomic E-state index is -1.80. The predicted molar refractivity (Wildman–Crippen MR) is 114 cm³/mol. The molecule has 0 saturated carbocycles. The molecule has 0 aromatic heterocycles. The van der Waals surface area contributed by atoms with Gasteiger partial charge in [-0.1, -0.05) is 83.4 Å². The second-order valence-corrected chi connectivity index (χ2v) is 14.1. The largest absolute Gasteiger partial charge is 0.410 e. The van der Waals surface area contributed by atoms with Gasteiger partial charge in [-0.3, -0.25) is 0 Å². The maximum absolute atomic E-state index is 9.73. The van der Waals surface area contributed by atoms with Crippen LogP contribution in [0.4, 0.5) is 0 Å². The van der Waals surface area contributed by atoms with E-state index in [1.54, 1.807) is 0 Å². The van der Waals surface area contributed by atoms with Crippen molar-refractivity contribution < 1.29 is 9.53 Å². The van der Waals surface area contributed by atoms with Crippen LogP contribution in [-0.4, -0.2) is 19.5 Å². The fraction of sp³-hybridized carbons (Fsp3) is 0.652. The summed E-state index contributed by atoms with van der Waals surface area (Å²) in [5.41, 5.74) is 2.60. The van der Waals surface area contributed by atoms with Gasteiger partial charge in [-0.2, -0.15) is 0 Å². The van der Waals surface area contributed by atoms with Gasteiger partial charge in [0.1, 0.15) is 0 Å². The lowest BCUT2D eigenvalue weighted by Gasteiger charge is -2.39. The molecule has 0 aliphatic heterocycles. The topological polar surface area (TPSA) is 29.5 Å². The minimum Gasteiger partial charge on any atom is -0.410 e. The van der Waals surface area contributed by atoms with E-state index >= 15 is 0 Å². The summed E-state index contributed by atoms with van der Waals surface area (Å²) in [4.78, 5) is 0. The Labute approximate surface area is 161 Å². The van der Waals surface area contributed by atoms with Gasteiger partial charge in [-0.25, -0.2) is 0 Å².